The van der Waals surface area contributed by atoms with Crippen LogP contribution in [-0.2, 0) is 16.4 Å². The third-order valence-electron chi connectivity index (χ3n) is 5.71. The molecule has 0 unspecified atom stereocenters. The molecule has 10 heteroatoms. The maximum Gasteiger partial charge on any atom is 0.573 e. The summed E-state index contributed by atoms with van der Waals surface area (Å²) in [5.74, 6) is -0.147. The monoisotopic (exact) mass is 505 g/mol. The highest BCUT2D eigenvalue weighted by Gasteiger charge is 2.32. The Morgan fingerprint density at radius 3 is 2.20 bits per heavy atom. The average Bonchev–Trinajstić information content (AvgIpc) is 3.05. The molecule has 0 saturated heterocycles. The minimum atomic E-state index is -4.94. The molecule has 0 saturated carbocycles. The number of ether oxygens (including phenoxy) is 2. The highest BCUT2D eigenvalue weighted by Crippen LogP contribution is 2.36. The number of phenols is 1. The van der Waals surface area contributed by atoms with E-state index in [0.29, 0.717) is 28.0 Å². The van der Waals surface area contributed by atoms with Crippen molar-refractivity contribution in [2.45, 2.75) is 31.5 Å². The summed E-state index contributed by atoms with van der Waals surface area (Å²) in [6.45, 7) is 3.39. The Bertz CT molecular complexity index is 1510. The van der Waals surface area contributed by atoms with Gasteiger partial charge in [0.1, 0.15) is 17.2 Å². The van der Waals surface area contributed by atoms with Gasteiger partial charge in [-0.05, 0) is 55.3 Å². The number of halogens is 3. The second kappa shape index (κ2) is 8.84. The van der Waals surface area contributed by atoms with Gasteiger partial charge < -0.3 is 14.6 Å². The Labute approximate surface area is 200 Å². The SMILES string of the molecule is COc1ccc(Cc2c(C)n(S(=O)(=O)c3ccc(C)cc3)c3cc(OC(F)(F)F)ccc23)c(O)c1. The fourth-order valence-electron chi connectivity index (χ4n) is 3.99. The number of nitrogens with zero attached hydrogens (tertiary/aromatic N) is 1. The summed E-state index contributed by atoms with van der Waals surface area (Å²) in [6.07, 6.45) is -4.80. The summed E-state index contributed by atoms with van der Waals surface area (Å²) in [6, 6.07) is 14.5. The first-order valence-electron chi connectivity index (χ1n) is 10.5. The van der Waals surface area contributed by atoms with Crippen LogP contribution in [-0.4, -0.2) is 31.0 Å². The van der Waals surface area contributed by atoms with E-state index in [0.717, 1.165) is 21.7 Å². The molecular formula is C25H22F3NO5S. The van der Waals surface area contributed by atoms with Crippen LogP contribution < -0.4 is 9.47 Å². The number of hydrogen-bond donors (Lipinski definition) is 1. The van der Waals surface area contributed by atoms with Crippen molar-refractivity contribution in [2.24, 2.45) is 0 Å². The molecular weight excluding hydrogens is 483 g/mol. The molecule has 3 aromatic carbocycles. The molecule has 0 fully saturated rings. The number of hydrogen-bond acceptors (Lipinski definition) is 5. The van der Waals surface area contributed by atoms with Gasteiger partial charge in [-0.2, -0.15) is 0 Å². The number of rotatable bonds is 6. The smallest absolute Gasteiger partial charge is 0.508 e. The molecule has 6 nitrogen and oxygen atoms in total. The second-order valence-corrected chi connectivity index (χ2v) is 9.83. The normalized spacial score (nSPS) is 12.2. The number of fused-ring (bicyclic) bond motifs is 1. The second-order valence-electron chi connectivity index (χ2n) is 8.04. The van der Waals surface area contributed by atoms with Gasteiger partial charge in [0.05, 0.1) is 17.5 Å². The predicted octanol–water partition coefficient (Wildman–Crippen LogP) is 5.70. The summed E-state index contributed by atoms with van der Waals surface area (Å²) < 4.78 is 76.0. The van der Waals surface area contributed by atoms with Gasteiger partial charge in [0.25, 0.3) is 10.0 Å². The number of alkyl halides is 3. The first-order valence-corrected chi connectivity index (χ1v) is 11.9. The number of aryl methyl sites for hydroxylation is 1. The third-order valence-corrected chi connectivity index (χ3v) is 7.53. The van der Waals surface area contributed by atoms with Crippen molar-refractivity contribution in [1.29, 1.82) is 0 Å². The molecule has 184 valence electrons. The van der Waals surface area contributed by atoms with E-state index >= 15 is 0 Å². The molecule has 0 aliphatic rings. The molecule has 0 amide bonds. The van der Waals surface area contributed by atoms with Gasteiger partial charge in [0.2, 0.25) is 0 Å². The van der Waals surface area contributed by atoms with E-state index in [9.17, 15) is 26.7 Å². The van der Waals surface area contributed by atoms with Crippen LogP contribution in [0, 0.1) is 13.8 Å². The van der Waals surface area contributed by atoms with Crippen LogP contribution in [0.1, 0.15) is 22.4 Å². The Morgan fingerprint density at radius 1 is 0.943 bits per heavy atom. The number of aromatic hydroxyl groups is 1. The van der Waals surface area contributed by atoms with Crippen molar-refractivity contribution in [2.75, 3.05) is 7.11 Å². The van der Waals surface area contributed by atoms with Crippen molar-refractivity contribution in [3.8, 4) is 17.2 Å². The van der Waals surface area contributed by atoms with E-state index in [2.05, 4.69) is 4.74 Å². The van der Waals surface area contributed by atoms with Crippen molar-refractivity contribution < 1.29 is 36.2 Å². The topological polar surface area (TPSA) is 77.8 Å². The van der Waals surface area contributed by atoms with Crippen LogP contribution in [0.4, 0.5) is 13.2 Å². The maximum absolute atomic E-state index is 13.6. The predicted molar refractivity (Wildman–Crippen MR) is 125 cm³/mol. The Kier molecular flexibility index (Phi) is 6.18. The van der Waals surface area contributed by atoms with Gasteiger partial charge in [-0.1, -0.05) is 23.8 Å². The van der Waals surface area contributed by atoms with Crippen molar-refractivity contribution >= 4 is 20.9 Å². The van der Waals surface area contributed by atoms with Gasteiger partial charge >= 0.3 is 6.36 Å². The van der Waals surface area contributed by atoms with E-state index in [1.165, 1.54) is 31.4 Å². The molecule has 0 radical (unpaired) electrons. The lowest BCUT2D eigenvalue weighted by Gasteiger charge is -2.12. The van der Waals surface area contributed by atoms with Crippen molar-refractivity contribution in [3.05, 3.63) is 83.0 Å². The lowest BCUT2D eigenvalue weighted by atomic mass is 10.0. The van der Waals surface area contributed by atoms with Gasteiger partial charge in [0.15, 0.2) is 0 Å². The summed E-state index contributed by atoms with van der Waals surface area (Å²) in [5, 5.41) is 10.9. The van der Waals surface area contributed by atoms with E-state index < -0.39 is 22.1 Å². The van der Waals surface area contributed by atoms with Crippen LogP contribution in [0.15, 0.2) is 65.6 Å². The van der Waals surface area contributed by atoms with E-state index in [1.807, 2.05) is 6.92 Å². The zero-order chi connectivity index (χ0) is 25.5. The van der Waals surface area contributed by atoms with Crippen molar-refractivity contribution in [3.63, 3.8) is 0 Å². The lowest BCUT2D eigenvalue weighted by Crippen LogP contribution is -2.17. The standard InChI is InChI=1S/C25H22F3NO5S/c1-15-4-9-20(10-5-15)35(31,32)29-16(2)22(12-17-6-7-18(33-3)14-24(17)30)21-11-8-19(13-23(21)29)34-25(26,27)28/h4-11,13-14,30H,12H2,1-3H3. The Morgan fingerprint density at radius 2 is 1.60 bits per heavy atom. The molecule has 0 bridgehead atoms. The van der Waals surface area contributed by atoms with Gasteiger partial charge in [-0.25, -0.2) is 12.4 Å². The zero-order valence-corrected chi connectivity index (χ0v) is 19.9. The van der Waals surface area contributed by atoms with Crippen LogP contribution in [0.2, 0.25) is 0 Å². The quantitative estimate of drug-likeness (QED) is 0.364. The van der Waals surface area contributed by atoms with Gasteiger partial charge in [-0.3, -0.25) is 0 Å². The minimum Gasteiger partial charge on any atom is -0.508 e. The summed E-state index contributed by atoms with van der Waals surface area (Å²) in [4.78, 5) is -0.0101. The number of aromatic nitrogens is 1. The molecule has 1 aromatic heterocycles. The first-order chi connectivity index (χ1) is 16.4. The lowest BCUT2D eigenvalue weighted by molar-refractivity contribution is -0.274. The fraction of sp³-hybridized carbons (Fsp3) is 0.200. The van der Waals surface area contributed by atoms with Crippen LogP contribution in [0.5, 0.6) is 17.2 Å². The minimum absolute atomic E-state index is 0.0101. The number of phenolic OH excluding ortho intramolecular Hbond substituents is 1. The van der Waals surface area contributed by atoms with Crippen molar-refractivity contribution in [1.82, 2.24) is 3.97 Å². The number of methoxy groups -OCH3 is 1. The van der Waals surface area contributed by atoms with Gasteiger partial charge in [-0.15, -0.1) is 13.2 Å². The zero-order valence-electron chi connectivity index (χ0n) is 19.1. The number of benzene rings is 3. The molecule has 0 atom stereocenters. The highest BCUT2D eigenvalue weighted by atomic mass is 32.2. The van der Waals surface area contributed by atoms with E-state index in [4.69, 9.17) is 4.74 Å². The summed E-state index contributed by atoms with van der Waals surface area (Å²) in [5.41, 5.74) is 2.23. The third kappa shape index (κ3) is 4.79. The van der Waals surface area contributed by atoms with E-state index in [1.54, 1.807) is 31.2 Å². The largest absolute Gasteiger partial charge is 0.573 e. The first kappa shape index (κ1) is 24.5. The molecule has 0 aliphatic carbocycles. The molecule has 0 spiro atoms. The van der Waals surface area contributed by atoms with Crippen LogP contribution in [0.3, 0.4) is 0 Å². The van der Waals surface area contributed by atoms with E-state index in [-0.39, 0.29) is 22.6 Å². The van der Waals surface area contributed by atoms with Gasteiger partial charge in [0, 0.05) is 29.6 Å². The fourth-order valence-corrected chi connectivity index (χ4v) is 5.56. The highest BCUT2D eigenvalue weighted by molar-refractivity contribution is 7.90. The molecule has 0 aliphatic heterocycles. The molecule has 35 heavy (non-hydrogen) atoms. The average molecular weight is 506 g/mol. The van der Waals surface area contributed by atoms with Crippen LogP contribution >= 0.6 is 0 Å². The molecule has 1 heterocycles. The summed E-state index contributed by atoms with van der Waals surface area (Å²) >= 11 is 0. The Balaban J connectivity index is 1.94. The van der Waals surface area contributed by atoms with Crippen LogP contribution in [0.25, 0.3) is 10.9 Å². The Hall–Kier alpha value is -3.66. The molecule has 4 aromatic rings. The molecule has 1 N–H and O–H groups in total. The summed E-state index contributed by atoms with van der Waals surface area (Å²) in [7, 11) is -2.71. The maximum atomic E-state index is 13.6. The molecule has 4 rings (SSSR count).